The highest BCUT2D eigenvalue weighted by Crippen LogP contribution is 2.35. The highest BCUT2D eigenvalue weighted by molar-refractivity contribution is 5.75. The fraction of sp³-hybridized carbons (Fsp3) is 0.316. The summed E-state index contributed by atoms with van der Waals surface area (Å²) < 4.78 is 31.8. The molecule has 2 aromatic rings. The van der Waals surface area contributed by atoms with Crippen molar-refractivity contribution in [1.29, 1.82) is 0 Å². The summed E-state index contributed by atoms with van der Waals surface area (Å²) >= 11 is 0. The van der Waals surface area contributed by atoms with Crippen LogP contribution in [0, 0.1) is 17.0 Å². The minimum absolute atomic E-state index is 0.392. The average Bonchev–Trinajstić information content (AvgIpc) is 2.58. The number of carbonyl (C=O) groups is 1. The molecule has 0 atom stereocenters. The van der Waals surface area contributed by atoms with E-state index >= 15 is 0 Å². The number of halogens is 2. The van der Waals surface area contributed by atoms with E-state index in [9.17, 15) is 18.7 Å². The summed E-state index contributed by atoms with van der Waals surface area (Å²) in [6.07, 6.45) is 1.33. The van der Waals surface area contributed by atoms with Crippen molar-refractivity contribution in [2.75, 3.05) is 13.2 Å². The van der Waals surface area contributed by atoms with Crippen LogP contribution in [0.2, 0.25) is 0 Å². The maximum absolute atomic E-state index is 13.4. The second-order valence-corrected chi connectivity index (χ2v) is 6.20. The van der Waals surface area contributed by atoms with E-state index in [1.165, 1.54) is 6.07 Å². The fourth-order valence-corrected chi connectivity index (χ4v) is 3.16. The summed E-state index contributed by atoms with van der Waals surface area (Å²) in [5.74, 6) is -2.60. The van der Waals surface area contributed by atoms with Gasteiger partial charge in [-0.25, -0.2) is 8.78 Å². The molecule has 24 heavy (non-hydrogen) atoms. The Kier molecular flexibility index (Phi) is 4.62. The van der Waals surface area contributed by atoms with Gasteiger partial charge in [0, 0.05) is 13.2 Å². The van der Waals surface area contributed by atoms with Gasteiger partial charge >= 0.3 is 5.97 Å². The van der Waals surface area contributed by atoms with Gasteiger partial charge in [-0.3, -0.25) is 4.79 Å². The van der Waals surface area contributed by atoms with Gasteiger partial charge in [0.15, 0.2) is 11.6 Å². The molecule has 1 saturated heterocycles. The van der Waals surface area contributed by atoms with Gasteiger partial charge in [0.1, 0.15) is 0 Å². The molecule has 1 N–H and O–H groups in total. The Labute approximate surface area is 138 Å². The van der Waals surface area contributed by atoms with Crippen molar-refractivity contribution in [1.82, 2.24) is 0 Å². The number of aliphatic carboxylic acids is 1. The first kappa shape index (κ1) is 16.6. The second kappa shape index (κ2) is 6.69. The summed E-state index contributed by atoms with van der Waals surface area (Å²) in [4.78, 5) is 11.8. The first-order chi connectivity index (χ1) is 11.5. The van der Waals surface area contributed by atoms with Crippen molar-refractivity contribution >= 4 is 5.97 Å². The molecule has 0 unspecified atom stereocenters. The molecule has 1 aliphatic rings. The van der Waals surface area contributed by atoms with E-state index in [2.05, 4.69) is 0 Å². The lowest BCUT2D eigenvalue weighted by Gasteiger charge is -2.33. The van der Waals surface area contributed by atoms with E-state index in [0.717, 1.165) is 23.3 Å². The smallest absolute Gasteiger partial charge is 0.310 e. The fourth-order valence-electron chi connectivity index (χ4n) is 3.16. The molecule has 3 nitrogen and oxygen atoms in total. The summed E-state index contributed by atoms with van der Waals surface area (Å²) in [5, 5.41) is 9.66. The third kappa shape index (κ3) is 3.31. The van der Waals surface area contributed by atoms with Crippen molar-refractivity contribution in [3.8, 4) is 11.1 Å². The molecule has 5 heteroatoms. The lowest BCUT2D eigenvalue weighted by Crippen LogP contribution is -2.39. The second-order valence-electron chi connectivity index (χ2n) is 6.20. The van der Waals surface area contributed by atoms with Crippen LogP contribution in [0.1, 0.15) is 18.4 Å². The van der Waals surface area contributed by atoms with E-state index < -0.39 is 23.0 Å². The first-order valence-corrected chi connectivity index (χ1v) is 7.86. The SMILES string of the molecule is O=C(O)C1(Cc2cccc(-c3ccc(F)c(F)c3)c2)CCOCC1. The standard InChI is InChI=1S/C19H18F2O3/c20-16-5-4-15(11-17(16)21)14-3-1-2-13(10-14)12-19(18(22)23)6-8-24-9-7-19/h1-5,10-11H,6-9,12H2,(H,22,23). The Hall–Kier alpha value is -2.27. The lowest BCUT2D eigenvalue weighted by molar-refractivity contribution is -0.154. The Morgan fingerprint density at radius 1 is 1.04 bits per heavy atom. The number of carboxylic acids is 1. The van der Waals surface area contributed by atoms with Gasteiger partial charge in [0.05, 0.1) is 5.41 Å². The molecule has 0 aliphatic carbocycles. The largest absolute Gasteiger partial charge is 0.481 e. The van der Waals surface area contributed by atoms with Crippen molar-refractivity contribution in [3.05, 3.63) is 59.7 Å². The number of rotatable bonds is 4. The summed E-state index contributed by atoms with van der Waals surface area (Å²) in [5.41, 5.74) is 1.33. The zero-order chi connectivity index (χ0) is 17.2. The molecule has 1 aliphatic heterocycles. The van der Waals surface area contributed by atoms with Crippen LogP contribution < -0.4 is 0 Å². The van der Waals surface area contributed by atoms with Gasteiger partial charge in [-0.2, -0.15) is 0 Å². The lowest BCUT2D eigenvalue weighted by atomic mass is 9.75. The Morgan fingerprint density at radius 2 is 1.75 bits per heavy atom. The van der Waals surface area contributed by atoms with Crippen LogP contribution in [-0.4, -0.2) is 24.3 Å². The Morgan fingerprint density at radius 3 is 2.42 bits per heavy atom. The molecule has 0 radical (unpaired) electrons. The molecule has 0 saturated carbocycles. The van der Waals surface area contributed by atoms with Crippen molar-refractivity contribution in [3.63, 3.8) is 0 Å². The van der Waals surface area contributed by atoms with Gasteiger partial charge in [-0.05, 0) is 48.1 Å². The van der Waals surface area contributed by atoms with Crippen LogP contribution in [0.25, 0.3) is 11.1 Å². The minimum Gasteiger partial charge on any atom is -0.481 e. The Balaban J connectivity index is 1.89. The monoisotopic (exact) mass is 332 g/mol. The van der Waals surface area contributed by atoms with Crippen molar-refractivity contribution < 1.29 is 23.4 Å². The van der Waals surface area contributed by atoms with Crippen molar-refractivity contribution in [2.45, 2.75) is 19.3 Å². The van der Waals surface area contributed by atoms with Gasteiger partial charge < -0.3 is 9.84 Å². The number of benzene rings is 2. The zero-order valence-electron chi connectivity index (χ0n) is 13.1. The predicted octanol–water partition coefficient (Wildman–Crippen LogP) is 4.06. The first-order valence-electron chi connectivity index (χ1n) is 7.86. The molecule has 2 aromatic carbocycles. The van der Waals surface area contributed by atoms with Gasteiger partial charge in [-0.1, -0.05) is 30.3 Å². The summed E-state index contributed by atoms with van der Waals surface area (Å²) in [7, 11) is 0. The molecule has 126 valence electrons. The molecular weight excluding hydrogens is 314 g/mol. The van der Waals surface area contributed by atoms with E-state index in [0.29, 0.717) is 38.0 Å². The molecular formula is C19H18F2O3. The van der Waals surface area contributed by atoms with E-state index in [-0.39, 0.29) is 0 Å². The van der Waals surface area contributed by atoms with Gasteiger partial charge in [0.25, 0.3) is 0 Å². The maximum Gasteiger partial charge on any atom is 0.310 e. The molecule has 0 spiro atoms. The predicted molar refractivity (Wildman–Crippen MR) is 85.6 cm³/mol. The van der Waals surface area contributed by atoms with E-state index in [1.54, 1.807) is 12.1 Å². The van der Waals surface area contributed by atoms with Gasteiger partial charge in [0.2, 0.25) is 0 Å². The van der Waals surface area contributed by atoms with E-state index in [4.69, 9.17) is 4.74 Å². The Bertz CT molecular complexity index is 752. The van der Waals surface area contributed by atoms with Crippen LogP contribution in [-0.2, 0) is 16.0 Å². The summed E-state index contributed by atoms with van der Waals surface area (Å²) in [6, 6.07) is 11.1. The topological polar surface area (TPSA) is 46.5 Å². The molecule has 0 aromatic heterocycles. The number of carboxylic acid groups (broad SMARTS) is 1. The third-order valence-electron chi connectivity index (χ3n) is 4.63. The maximum atomic E-state index is 13.4. The van der Waals surface area contributed by atoms with Crippen LogP contribution in [0.4, 0.5) is 8.78 Å². The molecule has 0 bridgehead atoms. The number of hydrogen-bond acceptors (Lipinski definition) is 2. The molecule has 0 amide bonds. The quantitative estimate of drug-likeness (QED) is 0.918. The highest BCUT2D eigenvalue weighted by atomic mass is 19.2. The average molecular weight is 332 g/mol. The van der Waals surface area contributed by atoms with Crippen LogP contribution in [0.5, 0.6) is 0 Å². The minimum atomic E-state index is -0.899. The van der Waals surface area contributed by atoms with Crippen LogP contribution >= 0.6 is 0 Å². The number of hydrogen-bond donors (Lipinski definition) is 1. The normalized spacial score (nSPS) is 16.8. The highest BCUT2D eigenvalue weighted by Gasteiger charge is 2.40. The molecule has 3 rings (SSSR count). The zero-order valence-corrected chi connectivity index (χ0v) is 13.1. The summed E-state index contributed by atoms with van der Waals surface area (Å²) in [6.45, 7) is 0.879. The van der Waals surface area contributed by atoms with Crippen LogP contribution in [0.15, 0.2) is 42.5 Å². The van der Waals surface area contributed by atoms with Gasteiger partial charge in [-0.15, -0.1) is 0 Å². The van der Waals surface area contributed by atoms with Crippen LogP contribution in [0.3, 0.4) is 0 Å². The third-order valence-corrected chi connectivity index (χ3v) is 4.63. The number of ether oxygens (including phenoxy) is 1. The molecule has 1 heterocycles. The van der Waals surface area contributed by atoms with Crippen molar-refractivity contribution in [2.24, 2.45) is 5.41 Å². The molecule has 1 fully saturated rings. The van der Waals surface area contributed by atoms with E-state index in [1.807, 2.05) is 12.1 Å².